The van der Waals surface area contributed by atoms with Gasteiger partial charge in [-0.1, -0.05) is 20.8 Å². The third-order valence-corrected chi connectivity index (χ3v) is 4.76. The molecule has 4 heteroatoms. The second kappa shape index (κ2) is 5.70. The average molecular weight is 267 g/mol. The second-order valence-corrected chi connectivity index (χ2v) is 7.20. The van der Waals surface area contributed by atoms with Gasteiger partial charge in [0.05, 0.1) is 0 Å². The molecule has 2 rings (SSSR count). The largest absolute Gasteiger partial charge is 0.325 e. The lowest BCUT2D eigenvalue weighted by molar-refractivity contribution is 0.0885. The normalized spacial score (nSPS) is 23.8. The van der Waals surface area contributed by atoms with Gasteiger partial charge in [-0.3, -0.25) is 0 Å². The van der Waals surface area contributed by atoms with Gasteiger partial charge in [-0.15, -0.1) is 0 Å². The number of piperazine rings is 1. The molecule has 0 N–H and O–H groups in total. The fourth-order valence-electron chi connectivity index (χ4n) is 3.13. The number of likely N-dealkylation sites (N-methyl/N-ethyl adjacent to an activating group) is 1. The minimum atomic E-state index is 0.264. The van der Waals surface area contributed by atoms with E-state index in [-0.39, 0.29) is 6.03 Å². The van der Waals surface area contributed by atoms with Gasteiger partial charge in [-0.25, -0.2) is 4.79 Å². The molecule has 2 aliphatic rings. The minimum Gasteiger partial charge on any atom is -0.325 e. The van der Waals surface area contributed by atoms with E-state index in [2.05, 4.69) is 37.6 Å². The molecule has 2 aliphatic heterocycles. The zero-order valence-electron chi connectivity index (χ0n) is 13.0. The first-order valence-electron chi connectivity index (χ1n) is 7.60. The van der Waals surface area contributed by atoms with Gasteiger partial charge < -0.3 is 14.7 Å². The Bertz CT molecular complexity index is 308. The molecule has 19 heavy (non-hydrogen) atoms. The van der Waals surface area contributed by atoms with E-state index >= 15 is 0 Å². The molecule has 2 saturated heterocycles. The number of hydrogen-bond donors (Lipinski definition) is 0. The lowest BCUT2D eigenvalue weighted by atomic mass is 9.75. The van der Waals surface area contributed by atoms with Crippen LogP contribution in [0.2, 0.25) is 0 Å². The molecule has 4 nitrogen and oxygen atoms in total. The fraction of sp³-hybridized carbons (Fsp3) is 0.933. The van der Waals surface area contributed by atoms with Gasteiger partial charge in [0, 0.05) is 39.3 Å². The predicted molar refractivity (Wildman–Crippen MR) is 78.2 cm³/mol. The lowest BCUT2D eigenvalue weighted by Crippen LogP contribution is -2.53. The Morgan fingerprint density at radius 2 is 1.37 bits per heavy atom. The summed E-state index contributed by atoms with van der Waals surface area (Å²) in [5.74, 6) is 0.754. The van der Waals surface area contributed by atoms with Gasteiger partial charge in [0.25, 0.3) is 0 Å². The van der Waals surface area contributed by atoms with Crippen molar-refractivity contribution >= 4 is 6.03 Å². The Labute approximate surface area is 117 Å². The van der Waals surface area contributed by atoms with Crippen molar-refractivity contribution < 1.29 is 4.79 Å². The van der Waals surface area contributed by atoms with Crippen LogP contribution in [0.25, 0.3) is 0 Å². The first kappa shape index (κ1) is 14.6. The van der Waals surface area contributed by atoms with E-state index in [1.807, 2.05) is 4.90 Å². The van der Waals surface area contributed by atoms with Gasteiger partial charge in [0.2, 0.25) is 0 Å². The molecule has 0 aromatic carbocycles. The molecule has 0 radical (unpaired) electrons. The smallest absolute Gasteiger partial charge is 0.320 e. The number of carbonyl (C=O) groups excluding carboxylic acids is 1. The summed E-state index contributed by atoms with van der Waals surface area (Å²) in [7, 11) is 2.12. The number of piperidine rings is 1. The van der Waals surface area contributed by atoms with Crippen LogP contribution < -0.4 is 0 Å². The number of rotatable bonds is 0. The number of likely N-dealkylation sites (tertiary alicyclic amines) is 1. The van der Waals surface area contributed by atoms with Crippen molar-refractivity contribution in [3.63, 3.8) is 0 Å². The Hall–Kier alpha value is -0.770. The molecule has 110 valence electrons. The molecule has 0 unspecified atom stereocenters. The van der Waals surface area contributed by atoms with Crippen LogP contribution in [0.5, 0.6) is 0 Å². The predicted octanol–water partition coefficient (Wildman–Crippen LogP) is 2.11. The first-order valence-corrected chi connectivity index (χ1v) is 7.60. The van der Waals surface area contributed by atoms with Crippen LogP contribution in [0.4, 0.5) is 4.79 Å². The molecule has 0 aliphatic carbocycles. The maximum atomic E-state index is 12.4. The van der Waals surface area contributed by atoms with E-state index in [4.69, 9.17) is 0 Å². The monoisotopic (exact) mass is 267 g/mol. The minimum absolute atomic E-state index is 0.264. The van der Waals surface area contributed by atoms with Crippen molar-refractivity contribution in [2.75, 3.05) is 46.3 Å². The summed E-state index contributed by atoms with van der Waals surface area (Å²) in [4.78, 5) is 18.8. The van der Waals surface area contributed by atoms with Crippen molar-refractivity contribution in [1.82, 2.24) is 14.7 Å². The molecule has 0 aromatic rings. The van der Waals surface area contributed by atoms with Gasteiger partial charge in [0.1, 0.15) is 0 Å². The van der Waals surface area contributed by atoms with Gasteiger partial charge in [0.15, 0.2) is 0 Å². The van der Waals surface area contributed by atoms with Crippen LogP contribution in [0.15, 0.2) is 0 Å². The number of urea groups is 1. The highest BCUT2D eigenvalue weighted by Crippen LogP contribution is 2.34. The number of hydrogen-bond acceptors (Lipinski definition) is 2. The van der Waals surface area contributed by atoms with Crippen LogP contribution in [-0.4, -0.2) is 67.0 Å². The molecule has 0 aromatic heterocycles. The summed E-state index contributed by atoms with van der Waals surface area (Å²) in [5.41, 5.74) is 0.378. The van der Waals surface area contributed by atoms with E-state index in [1.165, 1.54) is 0 Å². The van der Waals surface area contributed by atoms with E-state index in [0.717, 1.165) is 58.0 Å². The summed E-state index contributed by atoms with van der Waals surface area (Å²) in [5, 5.41) is 0. The lowest BCUT2D eigenvalue weighted by Gasteiger charge is -2.41. The summed E-state index contributed by atoms with van der Waals surface area (Å²) in [6, 6.07) is 0.264. The van der Waals surface area contributed by atoms with E-state index in [9.17, 15) is 4.79 Å². The molecule has 2 fully saturated rings. The van der Waals surface area contributed by atoms with Crippen molar-refractivity contribution in [2.24, 2.45) is 11.3 Å². The van der Waals surface area contributed by atoms with Gasteiger partial charge in [-0.05, 0) is 31.2 Å². The van der Waals surface area contributed by atoms with Crippen molar-refractivity contribution in [1.29, 1.82) is 0 Å². The van der Waals surface area contributed by atoms with Gasteiger partial charge in [-0.2, -0.15) is 0 Å². The van der Waals surface area contributed by atoms with Crippen molar-refractivity contribution in [3.8, 4) is 0 Å². The number of nitrogens with zero attached hydrogens (tertiary/aromatic N) is 3. The van der Waals surface area contributed by atoms with Crippen molar-refractivity contribution in [2.45, 2.75) is 33.6 Å². The maximum Gasteiger partial charge on any atom is 0.320 e. The van der Waals surface area contributed by atoms with Crippen LogP contribution >= 0.6 is 0 Å². The van der Waals surface area contributed by atoms with Crippen LogP contribution in [-0.2, 0) is 0 Å². The SMILES string of the molecule is CN1CCN(C(=O)N2CCC(C(C)(C)C)CC2)CC1. The standard InChI is InChI=1S/C15H29N3O/c1-15(2,3)13-5-7-17(8-6-13)14(19)18-11-9-16(4)10-12-18/h13H,5-12H2,1-4H3. The Morgan fingerprint density at radius 1 is 0.895 bits per heavy atom. The Morgan fingerprint density at radius 3 is 1.84 bits per heavy atom. The average Bonchev–Trinajstić information content (AvgIpc) is 2.38. The quantitative estimate of drug-likeness (QED) is 0.672. The zero-order chi connectivity index (χ0) is 14.0. The zero-order valence-corrected chi connectivity index (χ0v) is 13.0. The van der Waals surface area contributed by atoms with E-state index in [0.29, 0.717) is 5.41 Å². The highest BCUT2D eigenvalue weighted by atomic mass is 16.2. The molecule has 0 bridgehead atoms. The van der Waals surface area contributed by atoms with Crippen LogP contribution in [0.1, 0.15) is 33.6 Å². The third-order valence-electron chi connectivity index (χ3n) is 4.76. The Kier molecular flexibility index (Phi) is 4.39. The summed E-state index contributed by atoms with van der Waals surface area (Å²) in [6.45, 7) is 12.6. The van der Waals surface area contributed by atoms with E-state index in [1.54, 1.807) is 0 Å². The summed E-state index contributed by atoms with van der Waals surface area (Å²) >= 11 is 0. The van der Waals surface area contributed by atoms with Gasteiger partial charge >= 0.3 is 6.03 Å². The molecule has 2 heterocycles. The molecule has 0 saturated carbocycles. The number of carbonyl (C=O) groups is 1. The second-order valence-electron chi connectivity index (χ2n) is 7.20. The fourth-order valence-corrected chi connectivity index (χ4v) is 3.13. The first-order chi connectivity index (χ1) is 8.88. The molecule has 2 amide bonds. The summed E-state index contributed by atoms with van der Waals surface area (Å²) in [6.07, 6.45) is 2.31. The number of amides is 2. The molecule has 0 atom stereocenters. The molecular weight excluding hydrogens is 238 g/mol. The highest BCUT2D eigenvalue weighted by Gasteiger charge is 2.32. The molecule has 0 spiro atoms. The molecular formula is C15H29N3O. The van der Waals surface area contributed by atoms with Crippen molar-refractivity contribution in [3.05, 3.63) is 0 Å². The van der Waals surface area contributed by atoms with E-state index < -0.39 is 0 Å². The maximum absolute atomic E-state index is 12.4. The van der Waals surface area contributed by atoms with Crippen LogP contribution in [0, 0.1) is 11.3 Å². The Balaban J connectivity index is 1.82. The van der Waals surface area contributed by atoms with Crippen LogP contribution in [0.3, 0.4) is 0 Å². The highest BCUT2D eigenvalue weighted by molar-refractivity contribution is 5.74. The topological polar surface area (TPSA) is 26.8 Å². The third kappa shape index (κ3) is 3.62. The summed E-state index contributed by atoms with van der Waals surface area (Å²) < 4.78 is 0.